The van der Waals surface area contributed by atoms with Gasteiger partial charge >= 0.3 is 5.97 Å². The molecule has 0 saturated carbocycles. The number of hydrogen-bond donors (Lipinski definition) is 0. The summed E-state index contributed by atoms with van der Waals surface area (Å²) in [6.07, 6.45) is 1.59. The van der Waals surface area contributed by atoms with Crippen molar-refractivity contribution in [1.82, 2.24) is 0 Å². The second kappa shape index (κ2) is 9.77. The van der Waals surface area contributed by atoms with E-state index in [0.717, 1.165) is 5.56 Å². The number of Topliss-reactive ketones (excluding diaryl/α,β-unsaturated/α-hetero) is 1. The summed E-state index contributed by atoms with van der Waals surface area (Å²) in [7, 11) is 4.55. The molecule has 7 heteroatoms. The fourth-order valence-electron chi connectivity index (χ4n) is 3.84. The highest BCUT2D eigenvalue weighted by Gasteiger charge is 2.28. The van der Waals surface area contributed by atoms with Gasteiger partial charge in [0.15, 0.2) is 17.3 Å². The van der Waals surface area contributed by atoms with Crippen molar-refractivity contribution in [3.8, 4) is 28.7 Å². The number of esters is 1. The summed E-state index contributed by atoms with van der Waals surface area (Å²) >= 11 is 0. The lowest BCUT2D eigenvalue weighted by atomic mass is 9.87. The number of hydrogen-bond acceptors (Lipinski definition) is 7. The minimum Gasteiger partial charge on any atom is -0.493 e. The van der Waals surface area contributed by atoms with Crippen LogP contribution in [0.2, 0.25) is 0 Å². The van der Waals surface area contributed by atoms with Crippen LogP contribution in [0.5, 0.6) is 28.7 Å². The molecule has 0 unspecified atom stereocenters. The Balaban J connectivity index is 1.54. The van der Waals surface area contributed by atoms with Crippen LogP contribution in [0.1, 0.15) is 52.6 Å². The van der Waals surface area contributed by atoms with Crippen molar-refractivity contribution in [3.05, 3.63) is 82.6 Å². The predicted octanol–water partition coefficient (Wildman–Crippen LogP) is 5.85. The van der Waals surface area contributed by atoms with Crippen molar-refractivity contribution in [1.29, 1.82) is 0 Å². The van der Waals surface area contributed by atoms with E-state index in [-0.39, 0.29) is 22.7 Å². The Hall–Kier alpha value is -4.26. The van der Waals surface area contributed by atoms with Crippen molar-refractivity contribution >= 4 is 17.8 Å². The van der Waals surface area contributed by atoms with E-state index in [2.05, 4.69) is 20.8 Å². The fraction of sp³-hybridized carbons (Fsp3) is 0.241. The zero-order valence-corrected chi connectivity index (χ0v) is 21.1. The van der Waals surface area contributed by atoms with Crippen LogP contribution in [0.25, 0.3) is 6.08 Å². The van der Waals surface area contributed by atoms with Crippen LogP contribution in [0.15, 0.2) is 60.4 Å². The molecule has 0 spiro atoms. The largest absolute Gasteiger partial charge is 0.493 e. The molecule has 0 aliphatic carbocycles. The van der Waals surface area contributed by atoms with Gasteiger partial charge in [0.05, 0.1) is 32.5 Å². The lowest BCUT2D eigenvalue weighted by molar-refractivity contribution is 0.0734. The molecule has 0 N–H and O–H groups in total. The maximum Gasteiger partial charge on any atom is 0.343 e. The zero-order valence-electron chi connectivity index (χ0n) is 21.1. The topological polar surface area (TPSA) is 80.3 Å². The van der Waals surface area contributed by atoms with Crippen LogP contribution < -0.4 is 23.7 Å². The maximum atomic E-state index is 12.9. The van der Waals surface area contributed by atoms with Crippen LogP contribution in [0, 0.1) is 0 Å². The van der Waals surface area contributed by atoms with E-state index in [9.17, 15) is 9.59 Å². The molecule has 3 aromatic carbocycles. The Morgan fingerprint density at radius 2 is 1.50 bits per heavy atom. The Morgan fingerprint density at radius 1 is 0.861 bits per heavy atom. The van der Waals surface area contributed by atoms with Gasteiger partial charge in [-0.3, -0.25) is 4.79 Å². The molecule has 36 heavy (non-hydrogen) atoms. The Morgan fingerprint density at radius 3 is 2.06 bits per heavy atom. The Bertz CT molecular complexity index is 1320. The number of allylic oxidation sites excluding steroid dienone is 1. The van der Waals surface area contributed by atoms with Crippen molar-refractivity contribution in [2.75, 3.05) is 21.3 Å². The van der Waals surface area contributed by atoms with E-state index >= 15 is 0 Å². The summed E-state index contributed by atoms with van der Waals surface area (Å²) in [5, 5.41) is 0. The number of methoxy groups -OCH3 is 3. The molecule has 0 saturated heterocycles. The first kappa shape index (κ1) is 24.9. The van der Waals surface area contributed by atoms with E-state index in [1.165, 1.54) is 27.4 Å². The quantitative estimate of drug-likeness (QED) is 0.245. The average molecular weight is 489 g/mol. The Labute approximate surface area is 210 Å². The minimum atomic E-state index is -0.493. The third-order valence-electron chi connectivity index (χ3n) is 5.82. The smallest absolute Gasteiger partial charge is 0.343 e. The fourth-order valence-corrected chi connectivity index (χ4v) is 3.84. The van der Waals surface area contributed by atoms with Gasteiger partial charge in [-0.1, -0.05) is 32.9 Å². The number of rotatable bonds is 6. The Kier molecular flexibility index (Phi) is 6.75. The summed E-state index contributed by atoms with van der Waals surface area (Å²) in [5.41, 5.74) is 2.55. The molecule has 0 aromatic heterocycles. The molecule has 0 bridgehead atoms. The second-order valence-corrected chi connectivity index (χ2v) is 9.27. The van der Waals surface area contributed by atoms with E-state index in [1.807, 2.05) is 12.1 Å². The minimum absolute atomic E-state index is 0.0143. The summed E-state index contributed by atoms with van der Waals surface area (Å²) in [4.78, 5) is 25.6. The number of fused-ring (bicyclic) bond motifs is 1. The zero-order chi connectivity index (χ0) is 26.0. The van der Waals surface area contributed by atoms with Gasteiger partial charge in [-0.15, -0.1) is 0 Å². The van der Waals surface area contributed by atoms with Crippen molar-refractivity contribution in [3.63, 3.8) is 0 Å². The van der Waals surface area contributed by atoms with Gasteiger partial charge in [-0.25, -0.2) is 4.79 Å². The third kappa shape index (κ3) is 4.91. The van der Waals surface area contributed by atoms with Crippen LogP contribution >= 0.6 is 0 Å². The number of carbonyl (C=O) groups excluding carboxylic acids is 2. The number of ketones is 1. The van der Waals surface area contributed by atoms with E-state index < -0.39 is 5.97 Å². The molecule has 0 atom stereocenters. The molecule has 1 aliphatic heterocycles. The van der Waals surface area contributed by atoms with E-state index in [1.54, 1.807) is 42.5 Å². The highest BCUT2D eigenvalue weighted by molar-refractivity contribution is 6.14. The van der Waals surface area contributed by atoms with E-state index in [0.29, 0.717) is 39.7 Å². The molecule has 0 fully saturated rings. The molecular weight excluding hydrogens is 460 g/mol. The third-order valence-corrected chi connectivity index (χ3v) is 5.82. The first-order chi connectivity index (χ1) is 17.1. The number of carbonyl (C=O) groups is 2. The molecule has 186 valence electrons. The van der Waals surface area contributed by atoms with Gasteiger partial charge in [0, 0.05) is 6.07 Å². The molecule has 7 nitrogen and oxygen atoms in total. The predicted molar refractivity (Wildman–Crippen MR) is 136 cm³/mol. The molecule has 1 heterocycles. The first-order valence-electron chi connectivity index (χ1n) is 11.4. The lowest BCUT2D eigenvalue weighted by Gasteiger charge is -2.18. The number of ether oxygens (including phenoxy) is 5. The van der Waals surface area contributed by atoms with Gasteiger partial charge in [-0.05, 0) is 59.0 Å². The lowest BCUT2D eigenvalue weighted by Crippen LogP contribution is -2.12. The summed E-state index contributed by atoms with van der Waals surface area (Å²) in [6, 6.07) is 15.4. The van der Waals surface area contributed by atoms with Crippen LogP contribution in [-0.4, -0.2) is 33.1 Å². The van der Waals surface area contributed by atoms with Crippen molar-refractivity contribution in [2.45, 2.75) is 26.2 Å². The summed E-state index contributed by atoms with van der Waals surface area (Å²) < 4.78 is 27.4. The van der Waals surface area contributed by atoms with Crippen LogP contribution in [0.3, 0.4) is 0 Å². The standard InChI is InChI=1S/C29H28O7/c1-29(2,3)19-9-7-18(8-10-19)28(31)35-20-11-12-21-22(16-20)36-23(26(21)30)13-17-14-24(32-4)27(34-6)25(15-17)33-5/h7-16H,1-6H3. The van der Waals surface area contributed by atoms with Gasteiger partial charge in [0.1, 0.15) is 11.5 Å². The molecular formula is C29H28O7. The second-order valence-electron chi connectivity index (χ2n) is 9.27. The van der Waals surface area contributed by atoms with Crippen molar-refractivity contribution < 1.29 is 33.3 Å². The SMILES string of the molecule is COc1cc(C=C2Oc3cc(OC(=O)c4ccc(C(C)(C)C)cc4)ccc3C2=O)cc(OC)c1OC. The highest BCUT2D eigenvalue weighted by Crippen LogP contribution is 2.40. The van der Waals surface area contributed by atoms with E-state index in [4.69, 9.17) is 23.7 Å². The molecule has 0 radical (unpaired) electrons. The van der Waals surface area contributed by atoms with Gasteiger partial charge in [-0.2, -0.15) is 0 Å². The maximum absolute atomic E-state index is 12.9. The molecule has 1 aliphatic rings. The van der Waals surface area contributed by atoms with Crippen LogP contribution in [0.4, 0.5) is 0 Å². The highest BCUT2D eigenvalue weighted by atomic mass is 16.5. The number of benzene rings is 3. The summed E-state index contributed by atoms with van der Waals surface area (Å²) in [5.74, 6) is 1.30. The normalized spacial score (nSPS) is 13.7. The average Bonchev–Trinajstić information content (AvgIpc) is 3.16. The summed E-state index contributed by atoms with van der Waals surface area (Å²) in [6.45, 7) is 6.32. The first-order valence-corrected chi connectivity index (χ1v) is 11.4. The monoisotopic (exact) mass is 488 g/mol. The van der Waals surface area contributed by atoms with Crippen LogP contribution in [-0.2, 0) is 5.41 Å². The van der Waals surface area contributed by atoms with Gasteiger partial charge < -0.3 is 23.7 Å². The molecule has 4 rings (SSSR count). The van der Waals surface area contributed by atoms with Gasteiger partial charge in [0.2, 0.25) is 11.5 Å². The van der Waals surface area contributed by atoms with Crippen molar-refractivity contribution in [2.24, 2.45) is 0 Å². The molecule has 3 aromatic rings. The van der Waals surface area contributed by atoms with Gasteiger partial charge in [0.25, 0.3) is 0 Å². The molecule has 0 amide bonds.